The van der Waals surface area contributed by atoms with Crippen LogP contribution >= 0.6 is 0 Å². The number of carbonyl (C=O) groups is 1. The van der Waals surface area contributed by atoms with E-state index in [4.69, 9.17) is 0 Å². The maximum atomic E-state index is 12.0. The number of phenolic OH excluding ortho intramolecular Hbond substituents is 1. The minimum absolute atomic E-state index is 0.0209. The lowest BCUT2D eigenvalue weighted by Gasteiger charge is -2.22. The number of nitrogens with zero attached hydrogens (tertiary/aromatic N) is 1. The second-order valence-corrected chi connectivity index (χ2v) is 4.97. The van der Waals surface area contributed by atoms with Gasteiger partial charge in [-0.15, -0.1) is 0 Å². The molecule has 0 aliphatic heterocycles. The quantitative estimate of drug-likeness (QED) is 0.571. The molecule has 0 unspecified atom stereocenters. The third-order valence-electron chi connectivity index (χ3n) is 3.26. The normalized spacial score (nSPS) is 10.8. The fraction of sp³-hybridized carbons (Fsp3) is 0.562. The Morgan fingerprint density at radius 2 is 1.86 bits per heavy atom. The van der Waals surface area contributed by atoms with Crippen LogP contribution in [0, 0.1) is 0 Å². The summed E-state index contributed by atoms with van der Waals surface area (Å²) >= 11 is 0. The number of amides is 1. The third kappa shape index (κ3) is 6.60. The van der Waals surface area contributed by atoms with Crippen molar-refractivity contribution in [2.45, 2.75) is 20.3 Å². The van der Waals surface area contributed by atoms with Crippen LogP contribution in [0.4, 0.5) is 0 Å². The smallest absolute Gasteiger partial charge is 0.255 e. The van der Waals surface area contributed by atoms with Crippen molar-refractivity contribution < 1.29 is 9.90 Å². The van der Waals surface area contributed by atoms with Gasteiger partial charge in [-0.25, -0.2) is 0 Å². The van der Waals surface area contributed by atoms with Gasteiger partial charge in [-0.3, -0.25) is 4.79 Å². The Morgan fingerprint density at radius 1 is 1.14 bits per heavy atom. The van der Waals surface area contributed by atoms with Gasteiger partial charge >= 0.3 is 0 Å². The molecule has 0 saturated carbocycles. The van der Waals surface area contributed by atoms with E-state index in [0.29, 0.717) is 12.1 Å². The molecule has 0 aliphatic carbocycles. The molecule has 0 saturated heterocycles. The molecule has 118 valence electrons. The van der Waals surface area contributed by atoms with Gasteiger partial charge in [0.15, 0.2) is 0 Å². The molecule has 3 N–H and O–H groups in total. The van der Waals surface area contributed by atoms with Crippen LogP contribution in [-0.2, 0) is 0 Å². The van der Waals surface area contributed by atoms with Crippen molar-refractivity contribution in [3.8, 4) is 5.75 Å². The lowest BCUT2D eigenvalue weighted by Crippen LogP contribution is -2.38. The summed E-state index contributed by atoms with van der Waals surface area (Å²) in [4.78, 5) is 14.3. The van der Waals surface area contributed by atoms with Gasteiger partial charge in [0.05, 0.1) is 5.56 Å². The van der Waals surface area contributed by atoms with Gasteiger partial charge in [-0.2, -0.15) is 0 Å². The van der Waals surface area contributed by atoms with E-state index in [0.717, 1.165) is 39.1 Å². The van der Waals surface area contributed by atoms with E-state index < -0.39 is 0 Å². The van der Waals surface area contributed by atoms with Gasteiger partial charge in [-0.1, -0.05) is 26.0 Å². The maximum Gasteiger partial charge on any atom is 0.255 e. The average Bonchev–Trinajstić information content (AvgIpc) is 2.48. The van der Waals surface area contributed by atoms with Gasteiger partial charge in [-0.05, 0) is 31.6 Å². The second-order valence-electron chi connectivity index (χ2n) is 4.97. The van der Waals surface area contributed by atoms with E-state index in [1.165, 1.54) is 6.07 Å². The Labute approximate surface area is 127 Å². The zero-order chi connectivity index (χ0) is 15.5. The van der Waals surface area contributed by atoms with E-state index in [9.17, 15) is 9.90 Å². The summed E-state index contributed by atoms with van der Waals surface area (Å²) in [6.45, 7) is 9.59. The first-order valence-corrected chi connectivity index (χ1v) is 7.68. The maximum absolute atomic E-state index is 12.0. The number of phenols is 1. The van der Waals surface area contributed by atoms with E-state index in [1.54, 1.807) is 18.2 Å². The fourth-order valence-corrected chi connectivity index (χ4v) is 2.15. The first-order chi connectivity index (χ1) is 10.2. The van der Waals surface area contributed by atoms with Crippen LogP contribution in [0.25, 0.3) is 0 Å². The number of para-hydroxylation sites is 1. The van der Waals surface area contributed by atoms with Crippen LogP contribution in [-0.4, -0.2) is 55.2 Å². The Morgan fingerprint density at radius 3 is 2.52 bits per heavy atom. The van der Waals surface area contributed by atoms with Crippen molar-refractivity contribution in [3.05, 3.63) is 29.8 Å². The first kappa shape index (κ1) is 17.5. The Bertz CT molecular complexity index is 424. The average molecular weight is 293 g/mol. The van der Waals surface area contributed by atoms with E-state index in [-0.39, 0.29) is 11.7 Å². The van der Waals surface area contributed by atoms with Crippen molar-refractivity contribution in [1.29, 1.82) is 0 Å². The molecule has 1 rings (SSSR count). The van der Waals surface area contributed by atoms with Gasteiger partial charge in [0, 0.05) is 26.2 Å². The Hall–Kier alpha value is -1.59. The first-order valence-electron chi connectivity index (χ1n) is 7.68. The van der Waals surface area contributed by atoms with Gasteiger partial charge in [0.1, 0.15) is 5.75 Å². The highest BCUT2D eigenvalue weighted by molar-refractivity contribution is 5.96. The molecule has 5 nitrogen and oxygen atoms in total. The van der Waals surface area contributed by atoms with E-state index >= 15 is 0 Å². The summed E-state index contributed by atoms with van der Waals surface area (Å²) in [7, 11) is 0. The monoisotopic (exact) mass is 293 g/mol. The molecule has 0 spiro atoms. The van der Waals surface area contributed by atoms with Crippen molar-refractivity contribution in [2.24, 2.45) is 0 Å². The highest BCUT2D eigenvalue weighted by Gasteiger charge is 2.10. The van der Waals surface area contributed by atoms with Crippen LogP contribution in [0.3, 0.4) is 0 Å². The number of aromatic hydroxyl groups is 1. The zero-order valence-electron chi connectivity index (χ0n) is 13.1. The molecule has 0 aliphatic rings. The molecule has 0 atom stereocenters. The largest absolute Gasteiger partial charge is 0.507 e. The highest BCUT2D eigenvalue weighted by Crippen LogP contribution is 2.14. The molecule has 0 aromatic heterocycles. The number of hydrogen-bond donors (Lipinski definition) is 3. The Kier molecular flexibility index (Phi) is 8.47. The zero-order valence-corrected chi connectivity index (χ0v) is 13.1. The van der Waals surface area contributed by atoms with Crippen LogP contribution in [0.2, 0.25) is 0 Å². The SMILES string of the molecule is CCCN(CCNCC)CCNC(=O)c1ccccc1O. The van der Waals surface area contributed by atoms with Crippen LogP contribution in [0.5, 0.6) is 5.75 Å². The predicted octanol–water partition coefficient (Wildman–Crippen LogP) is 1.44. The number of likely N-dealkylation sites (N-methyl/N-ethyl adjacent to an activating group) is 1. The summed E-state index contributed by atoms with van der Waals surface area (Å²) < 4.78 is 0. The molecule has 0 fully saturated rings. The van der Waals surface area contributed by atoms with Crippen molar-refractivity contribution in [3.63, 3.8) is 0 Å². The fourth-order valence-electron chi connectivity index (χ4n) is 2.15. The second kappa shape index (κ2) is 10.2. The molecule has 0 bridgehead atoms. The summed E-state index contributed by atoms with van der Waals surface area (Å²) in [5, 5.41) is 15.8. The lowest BCUT2D eigenvalue weighted by molar-refractivity contribution is 0.0945. The summed E-state index contributed by atoms with van der Waals surface area (Å²) in [6, 6.07) is 6.60. The van der Waals surface area contributed by atoms with Gasteiger partial charge in [0.2, 0.25) is 0 Å². The third-order valence-corrected chi connectivity index (χ3v) is 3.26. The number of benzene rings is 1. The predicted molar refractivity (Wildman–Crippen MR) is 85.7 cm³/mol. The van der Waals surface area contributed by atoms with Crippen LogP contribution < -0.4 is 10.6 Å². The van der Waals surface area contributed by atoms with Crippen LogP contribution in [0.1, 0.15) is 30.6 Å². The van der Waals surface area contributed by atoms with E-state index in [1.807, 2.05) is 0 Å². The Balaban J connectivity index is 2.35. The molecule has 0 heterocycles. The molecular weight excluding hydrogens is 266 g/mol. The molecular formula is C16H27N3O2. The minimum atomic E-state index is -0.226. The van der Waals surface area contributed by atoms with Crippen molar-refractivity contribution in [1.82, 2.24) is 15.5 Å². The summed E-state index contributed by atoms with van der Waals surface area (Å²) in [6.07, 6.45) is 1.10. The van der Waals surface area contributed by atoms with Crippen LogP contribution in [0.15, 0.2) is 24.3 Å². The molecule has 0 radical (unpaired) electrons. The molecule has 1 aromatic carbocycles. The van der Waals surface area contributed by atoms with Crippen molar-refractivity contribution >= 4 is 5.91 Å². The minimum Gasteiger partial charge on any atom is -0.507 e. The number of carbonyl (C=O) groups excluding carboxylic acids is 1. The molecule has 21 heavy (non-hydrogen) atoms. The highest BCUT2D eigenvalue weighted by atomic mass is 16.3. The standard InChI is InChI=1S/C16H27N3O2/c1-3-11-19(12-9-17-4-2)13-10-18-16(21)14-7-5-6-8-15(14)20/h5-8,17,20H,3-4,9-13H2,1-2H3,(H,18,21). The molecule has 1 amide bonds. The number of nitrogens with one attached hydrogen (secondary N) is 2. The topological polar surface area (TPSA) is 64.6 Å². The van der Waals surface area contributed by atoms with Gasteiger partial charge in [0.25, 0.3) is 5.91 Å². The molecule has 5 heteroatoms. The summed E-state index contributed by atoms with van der Waals surface area (Å²) in [5.41, 5.74) is 0.326. The van der Waals surface area contributed by atoms with E-state index in [2.05, 4.69) is 29.4 Å². The van der Waals surface area contributed by atoms with Crippen molar-refractivity contribution in [2.75, 3.05) is 39.3 Å². The lowest BCUT2D eigenvalue weighted by atomic mass is 10.2. The molecule has 1 aromatic rings. The summed E-state index contributed by atoms with van der Waals surface area (Å²) in [5.74, 6) is -0.205. The van der Waals surface area contributed by atoms with Gasteiger partial charge < -0.3 is 20.6 Å². The number of rotatable bonds is 10. The number of hydrogen-bond acceptors (Lipinski definition) is 4.